The Morgan fingerprint density at radius 2 is 1.92 bits per heavy atom. The van der Waals surface area contributed by atoms with Crippen LogP contribution in [0.15, 0.2) is 12.1 Å². The zero-order valence-corrected chi connectivity index (χ0v) is 16.3. The van der Waals surface area contributed by atoms with Crippen LogP contribution in [0, 0.1) is 19.8 Å². The number of rotatable bonds is 5. The summed E-state index contributed by atoms with van der Waals surface area (Å²) in [5.41, 5.74) is 3.42. The lowest BCUT2D eigenvalue weighted by Gasteiger charge is -2.33. The molecule has 3 rings (SSSR count). The highest BCUT2D eigenvalue weighted by molar-refractivity contribution is 6.27. The number of piperidine rings is 1. The van der Waals surface area contributed by atoms with Crippen molar-refractivity contribution in [2.45, 2.75) is 39.0 Å². The molecule has 0 saturated carbocycles. The van der Waals surface area contributed by atoms with Gasteiger partial charge in [0.2, 0.25) is 11.8 Å². The number of likely N-dealkylation sites (tertiary alicyclic amines) is 1. The lowest BCUT2D eigenvalue weighted by atomic mass is 9.91. The monoisotopic (exact) mass is 378 g/mol. The summed E-state index contributed by atoms with van der Waals surface area (Å²) in [6.45, 7) is 6.81. The zero-order valence-electron chi connectivity index (χ0n) is 15.5. The van der Waals surface area contributed by atoms with E-state index in [0.717, 1.165) is 43.7 Å². The molecule has 2 aliphatic heterocycles. The maximum atomic E-state index is 13.0. The van der Waals surface area contributed by atoms with Gasteiger partial charge in [0.1, 0.15) is 24.2 Å². The fourth-order valence-corrected chi connectivity index (χ4v) is 3.90. The first-order valence-corrected chi connectivity index (χ1v) is 9.88. The van der Waals surface area contributed by atoms with Crippen LogP contribution in [0.5, 0.6) is 5.75 Å². The number of carbonyl (C=O) groups excluding carboxylic acids is 2. The van der Waals surface area contributed by atoms with Crippen LogP contribution in [0.4, 0.5) is 0 Å². The number of carbonyl (C=O) groups is 2. The molecule has 2 aliphatic rings. The van der Waals surface area contributed by atoms with Crippen LogP contribution in [0.25, 0.3) is 0 Å². The first-order valence-electron chi connectivity index (χ1n) is 9.35. The SMILES string of the molecule is Cc1cc2c(cc1C)C(C(=O)N1CCC(CCNC(=O)CCl)CC1)CO2. The van der Waals surface area contributed by atoms with E-state index in [-0.39, 0.29) is 23.6 Å². The Bertz CT molecular complexity index is 684. The molecule has 0 aromatic heterocycles. The summed E-state index contributed by atoms with van der Waals surface area (Å²) in [5.74, 6) is 1.30. The minimum atomic E-state index is -0.177. The van der Waals surface area contributed by atoms with Gasteiger partial charge in [0, 0.05) is 25.2 Å². The molecule has 0 bridgehead atoms. The van der Waals surface area contributed by atoms with Crippen molar-refractivity contribution in [2.24, 2.45) is 5.92 Å². The van der Waals surface area contributed by atoms with E-state index in [9.17, 15) is 9.59 Å². The summed E-state index contributed by atoms with van der Waals surface area (Å²) in [6, 6.07) is 4.14. The zero-order chi connectivity index (χ0) is 18.7. The number of hydrogen-bond acceptors (Lipinski definition) is 3. The smallest absolute Gasteiger partial charge is 0.234 e. The van der Waals surface area contributed by atoms with Crippen LogP contribution in [-0.2, 0) is 9.59 Å². The second-order valence-corrected chi connectivity index (χ2v) is 7.65. The van der Waals surface area contributed by atoms with Crippen LogP contribution in [-0.4, -0.2) is 48.8 Å². The molecule has 2 heterocycles. The van der Waals surface area contributed by atoms with Gasteiger partial charge >= 0.3 is 0 Å². The van der Waals surface area contributed by atoms with Crippen molar-refractivity contribution in [3.8, 4) is 5.75 Å². The summed E-state index contributed by atoms with van der Waals surface area (Å²) in [4.78, 5) is 26.1. The lowest BCUT2D eigenvalue weighted by molar-refractivity contribution is -0.134. The Labute approximate surface area is 160 Å². The molecule has 1 unspecified atom stereocenters. The van der Waals surface area contributed by atoms with Crippen molar-refractivity contribution in [1.29, 1.82) is 0 Å². The Morgan fingerprint density at radius 3 is 2.62 bits per heavy atom. The fourth-order valence-electron chi connectivity index (χ4n) is 3.80. The Balaban J connectivity index is 1.52. The largest absolute Gasteiger partial charge is 0.492 e. The molecule has 142 valence electrons. The molecule has 1 saturated heterocycles. The van der Waals surface area contributed by atoms with E-state index in [2.05, 4.69) is 25.2 Å². The summed E-state index contributed by atoms with van der Waals surface area (Å²) in [5, 5.41) is 2.81. The predicted molar refractivity (Wildman–Crippen MR) is 102 cm³/mol. The van der Waals surface area contributed by atoms with E-state index in [4.69, 9.17) is 16.3 Å². The highest BCUT2D eigenvalue weighted by atomic mass is 35.5. The molecule has 0 aliphatic carbocycles. The number of fused-ring (bicyclic) bond motifs is 1. The molecule has 1 aromatic carbocycles. The molecule has 26 heavy (non-hydrogen) atoms. The molecule has 1 aromatic rings. The highest BCUT2D eigenvalue weighted by Crippen LogP contribution is 2.37. The van der Waals surface area contributed by atoms with Crippen molar-refractivity contribution >= 4 is 23.4 Å². The average molecular weight is 379 g/mol. The van der Waals surface area contributed by atoms with Crippen molar-refractivity contribution in [1.82, 2.24) is 10.2 Å². The van der Waals surface area contributed by atoms with Gasteiger partial charge in [-0.1, -0.05) is 6.07 Å². The molecule has 0 spiro atoms. The third kappa shape index (κ3) is 4.14. The van der Waals surface area contributed by atoms with Gasteiger partial charge in [-0.2, -0.15) is 0 Å². The van der Waals surface area contributed by atoms with Crippen LogP contribution >= 0.6 is 11.6 Å². The predicted octanol–water partition coefficient (Wildman–Crippen LogP) is 2.76. The van der Waals surface area contributed by atoms with Gasteiger partial charge in [-0.05, 0) is 56.2 Å². The molecular weight excluding hydrogens is 352 g/mol. The minimum absolute atomic E-state index is 0.0108. The maximum Gasteiger partial charge on any atom is 0.234 e. The van der Waals surface area contributed by atoms with E-state index in [1.54, 1.807) is 0 Å². The molecule has 0 radical (unpaired) electrons. The fraction of sp³-hybridized carbons (Fsp3) is 0.600. The van der Waals surface area contributed by atoms with E-state index in [0.29, 0.717) is 19.1 Å². The van der Waals surface area contributed by atoms with Crippen LogP contribution in [0.1, 0.15) is 41.9 Å². The summed E-state index contributed by atoms with van der Waals surface area (Å²) in [7, 11) is 0. The first kappa shape index (κ1) is 19.0. The molecule has 6 heteroatoms. The molecule has 1 N–H and O–H groups in total. The number of nitrogens with zero attached hydrogens (tertiary/aromatic N) is 1. The van der Waals surface area contributed by atoms with Gasteiger partial charge in [-0.3, -0.25) is 9.59 Å². The molecular formula is C20H27ClN2O3. The van der Waals surface area contributed by atoms with E-state index >= 15 is 0 Å². The normalized spacial score (nSPS) is 19.8. The Hall–Kier alpha value is -1.75. The number of amides is 2. The van der Waals surface area contributed by atoms with Gasteiger partial charge in [0.15, 0.2) is 0 Å². The Kier molecular flexibility index (Phi) is 6.07. The van der Waals surface area contributed by atoms with Crippen LogP contribution in [0.2, 0.25) is 0 Å². The number of alkyl halides is 1. The molecule has 5 nitrogen and oxygen atoms in total. The minimum Gasteiger partial charge on any atom is -0.492 e. The van der Waals surface area contributed by atoms with Gasteiger partial charge < -0.3 is 15.0 Å². The number of benzene rings is 1. The Morgan fingerprint density at radius 1 is 1.23 bits per heavy atom. The van der Waals surface area contributed by atoms with Gasteiger partial charge in [0.25, 0.3) is 0 Å². The van der Waals surface area contributed by atoms with Crippen molar-refractivity contribution < 1.29 is 14.3 Å². The number of hydrogen-bond donors (Lipinski definition) is 1. The molecule has 1 atom stereocenters. The average Bonchev–Trinajstić information content (AvgIpc) is 3.04. The van der Waals surface area contributed by atoms with E-state index in [1.165, 1.54) is 11.1 Å². The quantitative estimate of drug-likeness (QED) is 0.801. The van der Waals surface area contributed by atoms with Gasteiger partial charge in [-0.15, -0.1) is 11.6 Å². The second-order valence-electron chi connectivity index (χ2n) is 7.38. The van der Waals surface area contributed by atoms with Crippen molar-refractivity contribution in [3.05, 3.63) is 28.8 Å². The third-order valence-corrected chi connectivity index (χ3v) is 5.87. The lowest BCUT2D eigenvalue weighted by Crippen LogP contribution is -2.42. The summed E-state index contributed by atoms with van der Waals surface area (Å²) in [6.07, 6.45) is 2.91. The van der Waals surface area contributed by atoms with Gasteiger partial charge in [0.05, 0.1) is 0 Å². The molecule has 2 amide bonds. The van der Waals surface area contributed by atoms with E-state index in [1.807, 2.05) is 11.0 Å². The number of nitrogens with one attached hydrogen (secondary N) is 1. The summed E-state index contributed by atoms with van der Waals surface area (Å²) >= 11 is 5.48. The van der Waals surface area contributed by atoms with Crippen molar-refractivity contribution in [3.63, 3.8) is 0 Å². The van der Waals surface area contributed by atoms with Crippen molar-refractivity contribution in [2.75, 3.05) is 32.1 Å². The number of halogens is 1. The standard InChI is InChI=1S/C20H27ClN2O3/c1-13-9-16-17(12-26-18(16)10-14(13)2)20(25)23-7-4-15(5-8-23)3-6-22-19(24)11-21/h9-10,15,17H,3-8,11-12H2,1-2H3,(H,22,24). The van der Waals surface area contributed by atoms with Crippen LogP contribution < -0.4 is 10.1 Å². The number of aryl methyl sites for hydroxylation is 2. The maximum absolute atomic E-state index is 13.0. The highest BCUT2D eigenvalue weighted by Gasteiger charge is 2.35. The second kappa shape index (κ2) is 8.30. The van der Waals surface area contributed by atoms with Gasteiger partial charge in [-0.25, -0.2) is 0 Å². The molecule has 1 fully saturated rings. The topological polar surface area (TPSA) is 58.6 Å². The number of ether oxygens (including phenoxy) is 1. The first-order chi connectivity index (χ1) is 12.5. The third-order valence-electron chi connectivity index (χ3n) is 5.63. The van der Waals surface area contributed by atoms with E-state index < -0.39 is 0 Å². The summed E-state index contributed by atoms with van der Waals surface area (Å²) < 4.78 is 5.77. The van der Waals surface area contributed by atoms with Crippen LogP contribution in [0.3, 0.4) is 0 Å².